The van der Waals surface area contributed by atoms with Gasteiger partial charge < -0.3 is 5.32 Å². The third-order valence-corrected chi connectivity index (χ3v) is 3.97. The molecule has 0 heterocycles. The lowest BCUT2D eigenvalue weighted by atomic mass is 10.2. The van der Waals surface area contributed by atoms with Gasteiger partial charge in [0.2, 0.25) is 5.91 Å². The molecule has 2 nitrogen and oxygen atoms in total. The number of carbonyl (C=O) groups is 1. The molecule has 0 bridgehead atoms. The Bertz CT molecular complexity index is 583. The lowest BCUT2D eigenvalue weighted by Gasteiger charge is -2.06. The molecule has 0 aromatic heterocycles. The molecular formula is C16H16ClNOS. The molecule has 0 radical (unpaired) electrons. The maximum Gasteiger partial charge on any atom is 0.234 e. The summed E-state index contributed by atoms with van der Waals surface area (Å²) in [6.07, 6.45) is 0. The smallest absolute Gasteiger partial charge is 0.234 e. The second-order valence-corrected chi connectivity index (χ2v) is 5.96. The van der Waals surface area contributed by atoms with E-state index < -0.39 is 0 Å². The average Bonchev–Trinajstić information content (AvgIpc) is 2.41. The van der Waals surface area contributed by atoms with E-state index in [0.717, 1.165) is 11.4 Å². The normalized spacial score (nSPS) is 10.3. The molecule has 0 unspecified atom stereocenters. The number of benzene rings is 2. The molecule has 4 heteroatoms. The van der Waals surface area contributed by atoms with Crippen molar-refractivity contribution in [2.24, 2.45) is 0 Å². The monoisotopic (exact) mass is 305 g/mol. The van der Waals surface area contributed by atoms with Crippen LogP contribution in [0.2, 0.25) is 5.02 Å². The fourth-order valence-electron chi connectivity index (χ4n) is 1.71. The number of halogens is 1. The number of aryl methyl sites for hydroxylation is 1. The summed E-state index contributed by atoms with van der Waals surface area (Å²) in [4.78, 5) is 11.8. The van der Waals surface area contributed by atoms with Crippen molar-refractivity contribution < 1.29 is 4.79 Å². The number of rotatable bonds is 5. The number of nitrogens with one attached hydrogen (secondary N) is 1. The summed E-state index contributed by atoms with van der Waals surface area (Å²) >= 11 is 7.47. The van der Waals surface area contributed by atoms with E-state index in [9.17, 15) is 4.79 Å². The second kappa shape index (κ2) is 7.36. The van der Waals surface area contributed by atoms with Gasteiger partial charge in [0.05, 0.1) is 5.75 Å². The fourth-order valence-corrected chi connectivity index (χ4v) is 2.69. The number of anilines is 1. The van der Waals surface area contributed by atoms with Crippen LogP contribution >= 0.6 is 23.4 Å². The lowest BCUT2D eigenvalue weighted by Crippen LogP contribution is -2.14. The van der Waals surface area contributed by atoms with E-state index in [1.165, 1.54) is 11.1 Å². The Kier molecular flexibility index (Phi) is 5.50. The van der Waals surface area contributed by atoms with E-state index >= 15 is 0 Å². The maximum absolute atomic E-state index is 11.8. The van der Waals surface area contributed by atoms with Crippen LogP contribution < -0.4 is 5.32 Å². The highest BCUT2D eigenvalue weighted by atomic mass is 35.5. The number of hydrogen-bond acceptors (Lipinski definition) is 2. The summed E-state index contributed by atoms with van der Waals surface area (Å²) in [5.74, 6) is 1.26. The fraction of sp³-hybridized carbons (Fsp3) is 0.188. The highest BCUT2D eigenvalue weighted by molar-refractivity contribution is 7.99. The van der Waals surface area contributed by atoms with Gasteiger partial charge in [-0.2, -0.15) is 0 Å². The van der Waals surface area contributed by atoms with E-state index in [1.54, 1.807) is 23.9 Å². The van der Waals surface area contributed by atoms with E-state index in [4.69, 9.17) is 11.6 Å². The predicted molar refractivity (Wildman–Crippen MR) is 87.4 cm³/mol. The third kappa shape index (κ3) is 4.91. The number of carbonyl (C=O) groups excluding carboxylic acids is 1. The molecule has 0 atom stereocenters. The van der Waals surface area contributed by atoms with Gasteiger partial charge in [-0.15, -0.1) is 11.8 Å². The first-order valence-electron chi connectivity index (χ1n) is 6.32. The van der Waals surface area contributed by atoms with Crippen molar-refractivity contribution in [3.8, 4) is 0 Å². The van der Waals surface area contributed by atoms with Crippen LogP contribution in [0.3, 0.4) is 0 Å². The van der Waals surface area contributed by atoms with Crippen LogP contribution in [0.4, 0.5) is 5.69 Å². The summed E-state index contributed by atoms with van der Waals surface area (Å²) in [5.41, 5.74) is 3.21. The number of hydrogen-bond donors (Lipinski definition) is 1. The predicted octanol–water partition coefficient (Wildman–Crippen LogP) is 4.52. The molecule has 104 valence electrons. The van der Waals surface area contributed by atoms with Gasteiger partial charge in [0.1, 0.15) is 0 Å². The lowest BCUT2D eigenvalue weighted by molar-refractivity contribution is -0.113. The zero-order chi connectivity index (χ0) is 14.4. The minimum atomic E-state index is -0.00983. The highest BCUT2D eigenvalue weighted by Gasteiger charge is 2.03. The van der Waals surface area contributed by atoms with Crippen LogP contribution in [0.5, 0.6) is 0 Å². The summed E-state index contributed by atoms with van der Waals surface area (Å²) in [6.45, 7) is 2.06. The van der Waals surface area contributed by atoms with Gasteiger partial charge in [-0.3, -0.25) is 4.79 Å². The molecule has 0 saturated heterocycles. The van der Waals surface area contributed by atoms with Gasteiger partial charge in [-0.05, 0) is 30.7 Å². The number of thioether (sulfide) groups is 1. The molecule has 1 amide bonds. The zero-order valence-corrected chi connectivity index (χ0v) is 12.8. The molecule has 2 aromatic carbocycles. The standard InChI is InChI=1S/C16H16ClNOS/c1-12-5-7-13(8-6-12)10-20-11-16(19)18-15-4-2-3-14(17)9-15/h2-9H,10-11H2,1H3,(H,18,19). The topological polar surface area (TPSA) is 29.1 Å². The van der Waals surface area contributed by atoms with E-state index in [2.05, 4.69) is 36.5 Å². The van der Waals surface area contributed by atoms with Crippen LogP contribution in [-0.4, -0.2) is 11.7 Å². The maximum atomic E-state index is 11.8. The Balaban J connectivity index is 1.76. The quantitative estimate of drug-likeness (QED) is 0.880. The van der Waals surface area contributed by atoms with Crippen molar-refractivity contribution in [1.29, 1.82) is 0 Å². The Labute approximate surface area is 128 Å². The summed E-state index contributed by atoms with van der Waals surface area (Å²) in [5, 5.41) is 3.45. The summed E-state index contributed by atoms with van der Waals surface area (Å²) in [7, 11) is 0. The molecule has 2 aromatic rings. The summed E-state index contributed by atoms with van der Waals surface area (Å²) in [6, 6.07) is 15.5. The first-order valence-corrected chi connectivity index (χ1v) is 7.85. The van der Waals surface area contributed by atoms with Gasteiger partial charge in [-0.25, -0.2) is 0 Å². The first kappa shape index (κ1) is 14.9. The first-order chi connectivity index (χ1) is 9.63. The molecule has 0 saturated carbocycles. The molecule has 0 aliphatic rings. The second-order valence-electron chi connectivity index (χ2n) is 4.54. The highest BCUT2D eigenvalue weighted by Crippen LogP contribution is 2.16. The molecule has 20 heavy (non-hydrogen) atoms. The summed E-state index contributed by atoms with van der Waals surface area (Å²) < 4.78 is 0. The Morgan fingerprint density at radius 1 is 1.20 bits per heavy atom. The minimum absolute atomic E-state index is 0.00983. The van der Waals surface area contributed by atoms with Gasteiger partial charge in [0.15, 0.2) is 0 Å². The van der Waals surface area contributed by atoms with Crippen LogP contribution in [0.15, 0.2) is 48.5 Å². The molecular weight excluding hydrogens is 290 g/mol. The van der Waals surface area contributed by atoms with Crippen molar-refractivity contribution in [2.45, 2.75) is 12.7 Å². The Morgan fingerprint density at radius 2 is 1.95 bits per heavy atom. The molecule has 2 rings (SSSR count). The molecule has 0 aliphatic carbocycles. The Hall–Kier alpha value is -1.45. The van der Waals surface area contributed by atoms with Crippen molar-refractivity contribution in [3.63, 3.8) is 0 Å². The average molecular weight is 306 g/mol. The van der Waals surface area contributed by atoms with E-state index in [-0.39, 0.29) is 5.91 Å². The van der Waals surface area contributed by atoms with Crippen LogP contribution in [0, 0.1) is 6.92 Å². The Morgan fingerprint density at radius 3 is 2.65 bits per heavy atom. The van der Waals surface area contributed by atoms with Crippen molar-refractivity contribution in [1.82, 2.24) is 0 Å². The van der Waals surface area contributed by atoms with Crippen LogP contribution in [0.25, 0.3) is 0 Å². The largest absolute Gasteiger partial charge is 0.325 e. The molecule has 0 spiro atoms. The van der Waals surface area contributed by atoms with E-state index in [1.807, 2.05) is 12.1 Å². The molecule has 0 fully saturated rings. The minimum Gasteiger partial charge on any atom is -0.325 e. The molecule has 1 N–H and O–H groups in total. The molecule has 0 aliphatic heterocycles. The zero-order valence-electron chi connectivity index (χ0n) is 11.2. The van der Waals surface area contributed by atoms with Crippen molar-refractivity contribution >= 4 is 35.0 Å². The van der Waals surface area contributed by atoms with Crippen LogP contribution in [-0.2, 0) is 10.5 Å². The van der Waals surface area contributed by atoms with E-state index in [0.29, 0.717) is 10.8 Å². The van der Waals surface area contributed by atoms with Crippen molar-refractivity contribution in [3.05, 3.63) is 64.7 Å². The van der Waals surface area contributed by atoms with Crippen LogP contribution in [0.1, 0.15) is 11.1 Å². The SMILES string of the molecule is Cc1ccc(CSCC(=O)Nc2cccc(Cl)c2)cc1. The van der Waals surface area contributed by atoms with Gasteiger partial charge in [0, 0.05) is 16.5 Å². The third-order valence-electron chi connectivity index (χ3n) is 2.73. The number of amides is 1. The van der Waals surface area contributed by atoms with Gasteiger partial charge in [0.25, 0.3) is 0 Å². The van der Waals surface area contributed by atoms with Gasteiger partial charge in [-0.1, -0.05) is 47.5 Å². The van der Waals surface area contributed by atoms with Gasteiger partial charge >= 0.3 is 0 Å². The van der Waals surface area contributed by atoms with Crippen molar-refractivity contribution in [2.75, 3.05) is 11.1 Å².